The van der Waals surface area contributed by atoms with E-state index in [0.29, 0.717) is 31.1 Å². The van der Waals surface area contributed by atoms with Crippen LogP contribution in [0.1, 0.15) is 97.3 Å². The number of hydrogen-bond acceptors (Lipinski definition) is 8. The Morgan fingerprint density at radius 1 is 1.06 bits per heavy atom. The van der Waals surface area contributed by atoms with Gasteiger partial charge in [-0.05, 0) is 74.1 Å². The standard InChI is InChI=1S/C37H55N5O7/c1-11-13-26(29(43)34(46)38-10)39-33(45)28-18-37(17-27(41-49-37)23-14-21(5)30(48-12-2)22(6)15-23)19-42(28)35(47)31(36(7,8)9)40-32(44)25-16-24(25)20(3)4/h14-15,20,24-26,28,31H,11-13,16-19H2,1-10H3,(H,38,46)(H,39,45)(H,40,44)/t24-,25?,26-,28-,31+,37+/m0/s1. The molecular weight excluding hydrogens is 626 g/mol. The van der Waals surface area contributed by atoms with Crippen molar-refractivity contribution in [1.29, 1.82) is 0 Å². The van der Waals surface area contributed by atoms with E-state index in [-0.39, 0.29) is 37.1 Å². The molecule has 270 valence electrons. The molecule has 0 bridgehead atoms. The van der Waals surface area contributed by atoms with E-state index in [1.165, 1.54) is 11.9 Å². The first-order valence-electron chi connectivity index (χ1n) is 17.6. The van der Waals surface area contributed by atoms with Gasteiger partial charge in [-0.25, -0.2) is 0 Å². The summed E-state index contributed by atoms with van der Waals surface area (Å²) in [5.41, 5.74) is 1.79. The summed E-state index contributed by atoms with van der Waals surface area (Å²) in [5.74, 6) is -1.39. The summed E-state index contributed by atoms with van der Waals surface area (Å²) in [6.45, 7) is 18.2. The van der Waals surface area contributed by atoms with Gasteiger partial charge in [0.2, 0.25) is 23.5 Å². The van der Waals surface area contributed by atoms with Crippen molar-refractivity contribution in [2.24, 2.45) is 28.3 Å². The molecule has 1 spiro atoms. The molecule has 1 aromatic rings. The van der Waals surface area contributed by atoms with Gasteiger partial charge in [0.25, 0.3) is 5.91 Å². The van der Waals surface area contributed by atoms with Crippen molar-refractivity contribution in [1.82, 2.24) is 20.9 Å². The van der Waals surface area contributed by atoms with Crippen LogP contribution in [0.5, 0.6) is 5.75 Å². The largest absolute Gasteiger partial charge is 0.493 e. The molecule has 2 fully saturated rings. The Morgan fingerprint density at radius 3 is 2.24 bits per heavy atom. The quantitative estimate of drug-likeness (QED) is 0.269. The third kappa shape index (κ3) is 8.27. The van der Waals surface area contributed by atoms with E-state index < -0.39 is 52.6 Å². The second-order valence-corrected chi connectivity index (χ2v) is 15.4. The Balaban J connectivity index is 1.65. The van der Waals surface area contributed by atoms with Gasteiger partial charge in [0.1, 0.15) is 17.8 Å². The minimum absolute atomic E-state index is 0.0498. The molecule has 0 radical (unpaired) electrons. The van der Waals surface area contributed by atoms with E-state index in [1.807, 2.05) is 60.6 Å². The summed E-state index contributed by atoms with van der Waals surface area (Å²) in [6, 6.07) is 0.978. The number of benzene rings is 1. The molecule has 3 aliphatic rings. The van der Waals surface area contributed by atoms with E-state index >= 15 is 0 Å². The summed E-state index contributed by atoms with van der Waals surface area (Å²) < 4.78 is 5.82. The zero-order valence-electron chi connectivity index (χ0n) is 30.8. The van der Waals surface area contributed by atoms with E-state index in [1.54, 1.807) is 0 Å². The zero-order chi connectivity index (χ0) is 36.4. The first kappa shape index (κ1) is 37.9. The minimum atomic E-state index is -1.06. The molecule has 0 aromatic heterocycles. The van der Waals surface area contributed by atoms with Gasteiger partial charge < -0.3 is 30.4 Å². The number of likely N-dealkylation sites (tertiary alicyclic amines) is 1. The lowest BCUT2D eigenvalue weighted by Crippen LogP contribution is -2.59. The fourth-order valence-electron chi connectivity index (χ4n) is 7.20. The third-order valence-electron chi connectivity index (χ3n) is 10.0. The highest BCUT2D eigenvalue weighted by atomic mass is 16.7. The predicted molar refractivity (Wildman–Crippen MR) is 186 cm³/mol. The molecule has 4 amide bonds. The summed E-state index contributed by atoms with van der Waals surface area (Å²) in [5, 5.41) is 12.6. The fourth-order valence-corrected chi connectivity index (χ4v) is 7.20. The molecule has 3 N–H and O–H groups in total. The van der Waals surface area contributed by atoms with Gasteiger partial charge in [0.15, 0.2) is 5.60 Å². The van der Waals surface area contributed by atoms with Crippen LogP contribution in [-0.4, -0.2) is 83.9 Å². The second-order valence-electron chi connectivity index (χ2n) is 15.4. The monoisotopic (exact) mass is 681 g/mol. The van der Waals surface area contributed by atoms with Crippen LogP contribution < -0.4 is 20.7 Å². The number of rotatable bonds is 13. The number of ether oxygens (including phenoxy) is 1. The van der Waals surface area contributed by atoms with Crippen LogP contribution in [0, 0.1) is 37.0 Å². The van der Waals surface area contributed by atoms with Crippen molar-refractivity contribution in [2.75, 3.05) is 20.2 Å². The predicted octanol–water partition coefficient (Wildman–Crippen LogP) is 3.59. The van der Waals surface area contributed by atoms with Crippen molar-refractivity contribution in [3.8, 4) is 5.75 Å². The van der Waals surface area contributed by atoms with Crippen LogP contribution in [-0.2, 0) is 28.8 Å². The molecule has 1 saturated carbocycles. The van der Waals surface area contributed by atoms with Crippen LogP contribution in [0.25, 0.3) is 0 Å². The smallest absolute Gasteiger partial charge is 0.289 e. The van der Waals surface area contributed by atoms with Gasteiger partial charge in [0.05, 0.1) is 24.9 Å². The number of ketones is 1. The van der Waals surface area contributed by atoms with Gasteiger partial charge >= 0.3 is 0 Å². The van der Waals surface area contributed by atoms with Crippen LogP contribution >= 0.6 is 0 Å². The van der Waals surface area contributed by atoms with Crippen LogP contribution in [0.2, 0.25) is 0 Å². The number of oxime groups is 1. The number of hydrogen-bond donors (Lipinski definition) is 3. The number of Topliss-reactive ketones (excluding diaryl/α,β-unsaturated/α-hetero) is 1. The minimum Gasteiger partial charge on any atom is -0.493 e. The highest BCUT2D eigenvalue weighted by Crippen LogP contribution is 2.45. The van der Waals surface area contributed by atoms with Gasteiger partial charge in [-0.2, -0.15) is 0 Å². The summed E-state index contributed by atoms with van der Waals surface area (Å²) >= 11 is 0. The lowest BCUT2D eigenvalue weighted by Gasteiger charge is -2.35. The number of likely N-dealkylation sites (N-methyl/N-ethyl adjacent to an activating group) is 1. The summed E-state index contributed by atoms with van der Waals surface area (Å²) in [6.07, 6.45) is 2.03. The van der Waals surface area contributed by atoms with E-state index in [2.05, 4.69) is 35.0 Å². The lowest BCUT2D eigenvalue weighted by molar-refractivity contribution is -0.145. The molecule has 49 heavy (non-hydrogen) atoms. The highest BCUT2D eigenvalue weighted by Gasteiger charge is 2.56. The molecule has 1 saturated heterocycles. The van der Waals surface area contributed by atoms with Crippen molar-refractivity contribution < 1.29 is 33.5 Å². The maximum atomic E-state index is 14.6. The Hall–Kier alpha value is -3.96. The molecular formula is C37H55N5O7. The summed E-state index contributed by atoms with van der Waals surface area (Å²) in [7, 11) is 1.36. The average molecular weight is 682 g/mol. The highest BCUT2D eigenvalue weighted by molar-refractivity contribution is 6.38. The van der Waals surface area contributed by atoms with Gasteiger partial charge in [-0.15, -0.1) is 0 Å². The topological polar surface area (TPSA) is 156 Å². The number of nitrogens with one attached hydrogen (secondary N) is 3. The van der Waals surface area contributed by atoms with Crippen LogP contribution in [0.3, 0.4) is 0 Å². The molecule has 12 nitrogen and oxygen atoms in total. The fraction of sp³-hybridized carbons (Fsp3) is 0.676. The Morgan fingerprint density at radius 2 is 1.71 bits per heavy atom. The van der Waals surface area contributed by atoms with E-state index in [0.717, 1.165) is 28.9 Å². The first-order valence-corrected chi connectivity index (χ1v) is 17.6. The molecule has 4 rings (SSSR count). The van der Waals surface area contributed by atoms with E-state index in [9.17, 15) is 24.0 Å². The van der Waals surface area contributed by atoms with Crippen LogP contribution in [0.15, 0.2) is 17.3 Å². The van der Waals surface area contributed by atoms with E-state index in [4.69, 9.17) is 9.57 Å². The van der Waals surface area contributed by atoms with Gasteiger partial charge in [-0.1, -0.05) is 53.1 Å². The molecule has 1 aromatic carbocycles. The number of amides is 4. The average Bonchev–Trinajstić information content (AvgIpc) is 3.62. The molecule has 2 heterocycles. The number of carbonyl (C=O) groups excluding carboxylic acids is 5. The second kappa shape index (κ2) is 14.9. The SMILES string of the molecule is CCC[C@H](NC(=O)[C@@H]1C[C@]2(CC(c3cc(C)c(OCC)c(C)c3)=NO2)CN1C(=O)[C@@H](NC(=O)C1C[C@H]1C(C)C)C(C)(C)C)C(=O)C(=O)NC. The Kier molecular flexibility index (Phi) is 11.5. The lowest BCUT2D eigenvalue weighted by atomic mass is 9.85. The van der Waals surface area contributed by atoms with Crippen molar-refractivity contribution in [3.05, 3.63) is 28.8 Å². The molecule has 2 aliphatic heterocycles. The molecule has 6 atom stereocenters. The van der Waals surface area contributed by atoms with Crippen molar-refractivity contribution in [2.45, 2.75) is 118 Å². The zero-order valence-corrected chi connectivity index (χ0v) is 30.8. The number of nitrogens with zero attached hydrogens (tertiary/aromatic N) is 2. The van der Waals surface area contributed by atoms with Gasteiger partial charge in [-0.3, -0.25) is 24.0 Å². The van der Waals surface area contributed by atoms with Crippen LogP contribution in [0.4, 0.5) is 0 Å². The van der Waals surface area contributed by atoms with Gasteiger partial charge in [0, 0.05) is 31.4 Å². The number of aryl methyl sites for hydroxylation is 2. The first-order chi connectivity index (χ1) is 23.0. The summed E-state index contributed by atoms with van der Waals surface area (Å²) in [4.78, 5) is 74.8. The molecule has 1 aliphatic carbocycles. The van der Waals surface area contributed by atoms with Crippen molar-refractivity contribution >= 4 is 35.1 Å². The normalized spacial score (nSPS) is 24.2. The maximum absolute atomic E-state index is 14.6. The molecule has 12 heteroatoms. The third-order valence-corrected chi connectivity index (χ3v) is 10.0. The Bertz CT molecular complexity index is 1470. The Labute approximate surface area is 290 Å². The van der Waals surface area contributed by atoms with Crippen molar-refractivity contribution in [3.63, 3.8) is 0 Å². The molecule has 1 unspecified atom stereocenters. The number of carbonyl (C=O) groups is 5. The maximum Gasteiger partial charge on any atom is 0.289 e.